The van der Waals surface area contributed by atoms with E-state index < -0.39 is 47.1 Å². The highest BCUT2D eigenvalue weighted by molar-refractivity contribution is 5.89. The summed E-state index contributed by atoms with van der Waals surface area (Å²) >= 11 is 0. The van der Waals surface area contributed by atoms with Gasteiger partial charge in [0.2, 0.25) is 11.8 Å². The summed E-state index contributed by atoms with van der Waals surface area (Å²) in [7, 11) is 1.56. The molecule has 0 spiro atoms. The molecule has 3 atom stereocenters. The Morgan fingerprint density at radius 2 is 1.80 bits per heavy atom. The lowest BCUT2D eigenvalue weighted by Gasteiger charge is -2.36. The number of carbonyl (C=O) groups excluding carboxylic acids is 2. The van der Waals surface area contributed by atoms with Crippen LogP contribution in [0.4, 0.5) is 17.6 Å². The predicted octanol–water partition coefficient (Wildman–Crippen LogP) is 4.10. The van der Waals surface area contributed by atoms with Crippen molar-refractivity contribution in [3.05, 3.63) is 65.0 Å². The van der Waals surface area contributed by atoms with Gasteiger partial charge in [-0.2, -0.15) is 13.2 Å². The Morgan fingerprint density at radius 3 is 2.34 bits per heavy atom. The molecule has 10 heteroatoms. The average Bonchev–Trinajstić information content (AvgIpc) is 2.75. The monoisotopic (exact) mass is 495 g/mol. The molecule has 0 radical (unpaired) electrons. The lowest BCUT2D eigenvalue weighted by atomic mass is 9.81. The van der Waals surface area contributed by atoms with Crippen LogP contribution in [0.25, 0.3) is 0 Å². The van der Waals surface area contributed by atoms with Crippen LogP contribution in [-0.2, 0) is 22.2 Å². The molecule has 1 aliphatic heterocycles. The Bertz CT molecular complexity index is 1070. The summed E-state index contributed by atoms with van der Waals surface area (Å²) < 4.78 is 58.3. The molecule has 2 aromatic rings. The fourth-order valence-corrected chi connectivity index (χ4v) is 4.04. The van der Waals surface area contributed by atoms with E-state index >= 15 is 0 Å². The first-order valence-corrected chi connectivity index (χ1v) is 11.1. The van der Waals surface area contributed by atoms with Crippen molar-refractivity contribution >= 4 is 11.8 Å². The lowest BCUT2D eigenvalue weighted by molar-refractivity contribution is -0.140. The van der Waals surface area contributed by atoms with Crippen LogP contribution in [0, 0.1) is 11.2 Å². The first-order chi connectivity index (χ1) is 16.3. The highest BCUT2D eigenvalue weighted by Gasteiger charge is 2.37. The fourth-order valence-electron chi connectivity index (χ4n) is 4.04. The van der Waals surface area contributed by atoms with E-state index in [4.69, 9.17) is 4.74 Å². The number of methoxy groups -OCH3 is 1. The van der Waals surface area contributed by atoms with Gasteiger partial charge in [0, 0.05) is 6.42 Å². The van der Waals surface area contributed by atoms with E-state index in [-0.39, 0.29) is 17.9 Å². The molecule has 3 N–H and O–H groups in total. The van der Waals surface area contributed by atoms with Gasteiger partial charge in [-0.3, -0.25) is 14.9 Å². The largest absolute Gasteiger partial charge is 0.497 e. The predicted molar refractivity (Wildman–Crippen MR) is 122 cm³/mol. The summed E-state index contributed by atoms with van der Waals surface area (Å²) in [5.41, 5.74) is -0.905. The lowest BCUT2D eigenvalue weighted by Crippen LogP contribution is -2.61. The third kappa shape index (κ3) is 6.72. The van der Waals surface area contributed by atoms with E-state index in [9.17, 15) is 27.2 Å². The summed E-state index contributed by atoms with van der Waals surface area (Å²) in [5, 5.41) is 8.72. The van der Waals surface area contributed by atoms with E-state index in [1.54, 1.807) is 40.0 Å². The van der Waals surface area contributed by atoms with Crippen LogP contribution >= 0.6 is 0 Å². The zero-order valence-corrected chi connectivity index (χ0v) is 19.9. The molecule has 0 bridgehead atoms. The van der Waals surface area contributed by atoms with Gasteiger partial charge in [-0.1, -0.05) is 39.0 Å². The van der Waals surface area contributed by atoms with Crippen molar-refractivity contribution in [1.29, 1.82) is 0 Å². The number of amides is 2. The fraction of sp³-hybridized carbons (Fsp3) is 0.440. The quantitative estimate of drug-likeness (QED) is 0.528. The van der Waals surface area contributed by atoms with Crippen LogP contribution in [0.3, 0.4) is 0 Å². The third-order valence-electron chi connectivity index (χ3n) is 5.83. The number of nitrogens with one attached hydrogen (secondary N) is 3. The van der Waals surface area contributed by atoms with Crippen LogP contribution in [0.5, 0.6) is 5.75 Å². The standard InChI is InChI=1S/C25H29F4N3O3/c1-24(2,3)22(15-7-10-17(18(26)12-15)25(27,28)29)32-23(34)19-13-21(33)31-20(30-19)11-14-5-8-16(35-4)9-6-14/h5-10,12,19-20,22,30H,11,13H2,1-4H3,(H,31,33)(H,32,34)/t19?,20?,22-/m0/s1. The molecule has 1 fully saturated rings. The normalized spacial score (nSPS) is 19.6. The van der Waals surface area contributed by atoms with Gasteiger partial charge in [0.1, 0.15) is 11.6 Å². The number of hydrogen-bond acceptors (Lipinski definition) is 4. The van der Waals surface area contributed by atoms with E-state index in [0.717, 1.165) is 17.7 Å². The van der Waals surface area contributed by atoms with Gasteiger partial charge >= 0.3 is 6.18 Å². The molecule has 6 nitrogen and oxygen atoms in total. The maximum atomic E-state index is 14.2. The summed E-state index contributed by atoms with van der Waals surface area (Å²) in [4.78, 5) is 25.4. The van der Waals surface area contributed by atoms with E-state index in [2.05, 4.69) is 16.0 Å². The molecule has 2 aromatic carbocycles. The second-order valence-electron chi connectivity index (χ2n) is 9.64. The Labute approximate surface area is 201 Å². The topological polar surface area (TPSA) is 79.5 Å². The molecule has 3 rings (SSSR count). The van der Waals surface area contributed by atoms with E-state index in [0.29, 0.717) is 18.2 Å². The molecule has 2 unspecified atom stereocenters. The van der Waals surface area contributed by atoms with Gasteiger partial charge in [0.05, 0.1) is 37.3 Å². The van der Waals surface area contributed by atoms with Crippen molar-refractivity contribution in [2.24, 2.45) is 5.41 Å². The van der Waals surface area contributed by atoms with Crippen molar-refractivity contribution in [3.8, 4) is 5.75 Å². The minimum Gasteiger partial charge on any atom is -0.497 e. The number of benzene rings is 2. The molecule has 0 aromatic heterocycles. The summed E-state index contributed by atoms with van der Waals surface area (Å²) in [5.74, 6) is -1.53. The molecule has 2 amide bonds. The van der Waals surface area contributed by atoms with E-state index in [1.165, 1.54) is 0 Å². The first-order valence-electron chi connectivity index (χ1n) is 11.1. The second-order valence-corrected chi connectivity index (χ2v) is 9.64. The van der Waals surface area contributed by atoms with Gasteiger partial charge in [-0.25, -0.2) is 4.39 Å². The van der Waals surface area contributed by atoms with Crippen molar-refractivity contribution in [1.82, 2.24) is 16.0 Å². The highest BCUT2D eigenvalue weighted by Crippen LogP contribution is 2.37. The Morgan fingerprint density at radius 1 is 1.14 bits per heavy atom. The number of ether oxygens (including phenoxy) is 1. The number of halogens is 4. The molecule has 35 heavy (non-hydrogen) atoms. The molecular weight excluding hydrogens is 466 g/mol. The summed E-state index contributed by atoms with van der Waals surface area (Å²) in [6, 6.07) is 8.27. The summed E-state index contributed by atoms with van der Waals surface area (Å²) in [6.45, 7) is 5.34. The van der Waals surface area contributed by atoms with Gasteiger partial charge in [-0.15, -0.1) is 0 Å². The second kappa shape index (κ2) is 10.2. The SMILES string of the molecule is COc1ccc(CC2NC(=O)CC(C(=O)N[C@@H](c3ccc(C(F)(F)F)c(F)c3)C(C)(C)C)N2)cc1. The third-order valence-corrected chi connectivity index (χ3v) is 5.83. The molecular formula is C25H29F4N3O3. The smallest absolute Gasteiger partial charge is 0.419 e. The maximum absolute atomic E-state index is 14.2. The molecule has 1 heterocycles. The molecule has 1 saturated heterocycles. The van der Waals surface area contributed by atoms with Gasteiger partial charge in [0.25, 0.3) is 0 Å². The minimum atomic E-state index is -4.82. The molecule has 1 aliphatic rings. The van der Waals surface area contributed by atoms with Crippen molar-refractivity contribution < 1.29 is 31.9 Å². The zero-order valence-electron chi connectivity index (χ0n) is 19.9. The van der Waals surface area contributed by atoms with E-state index in [1.807, 2.05) is 12.1 Å². The van der Waals surface area contributed by atoms with Crippen LogP contribution in [-0.4, -0.2) is 31.1 Å². The molecule has 0 aliphatic carbocycles. The van der Waals surface area contributed by atoms with Crippen molar-refractivity contribution in [2.45, 2.75) is 58.0 Å². The Kier molecular flexibility index (Phi) is 7.74. The number of carbonyl (C=O) groups is 2. The highest BCUT2D eigenvalue weighted by atomic mass is 19.4. The number of rotatable bonds is 6. The minimum absolute atomic E-state index is 0.108. The summed E-state index contributed by atoms with van der Waals surface area (Å²) in [6.07, 6.45) is -5.01. The molecule has 190 valence electrons. The zero-order chi connectivity index (χ0) is 26.0. The van der Waals surface area contributed by atoms with Crippen molar-refractivity contribution in [2.75, 3.05) is 7.11 Å². The van der Waals surface area contributed by atoms with Gasteiger partial charge in [-0.05, 0) is 40.8 Å². The van der Waals surface area contributed by atoms with Gasteiger partial charge in [0.15, 0.2) is 0 Å². The van der Waals surface area contributed by atoms with Crippen molar-refractivity contribution in [3.63, 3.8) is 0 Å². The average molecular weight is 496 g/mol. The first kappa shape index (κ1) is 26.5. The Balaban J connectivity index is 1.75. The van der Waals surface area contributed by atoms with Crippen LogP contribution in [0.15, 0.2) is 42.5 Å². The van der Waals surface area contributed by atoms with Gasteiger partial charge < -0.3 is 15.4 Å². The number of alkyl halides is 3. The Hall–Kier alpha value is -3.14. The van der Waals surface area contributed by atoms with Crippen LogP contribution in [0.2, 0.25) is 0 Å². The number of hydrogen-bond donors (Lipinski definition) is 3. The van der Waals surface area contributed by atoms with Crippen LogP contribution < -0.4 is 20.7 Å². The maximum Gasteiger partial charge on any atom is 0.419 e. The molecule has 0 saturated carbocycles. The van der Waals surface area contributed by atoms with Crippen LogP contribution in [0.1, 0.15) is 49.9 Å².